The number of benzene rings is 4. The van der Waals surface area contributed by atoms with E-state index in [-0.39, 0.29) is 24.3 Å². The zero-order chi connectivity index (χ0) is 29.7. The standard InChI is InChI=1S/C20H19FN2O.C15H13FO2/c1-22-18-9-10-19-15(13-18)14-24-20(19,11-4-12-23(2)3)16-5-7-17(21)8-6-16;16-13-4-2-11(3-5-13)15-14-6-1-10(8-17)7-12(14)9-18-15/h4-11,13H,12,14H2,2-3H3;1-7,15,17H,8-9H2/b11-4+;. The predicted molar refractivity (Wildman–Crippen MR) is 158 cm³/mol. The molecular weight excluding hydrogens is 534 g/mol. The average Bonchev–Trinajstić information content (AvgIpc) is 3.59. The summed E-state index contributed by atoms with van der Waals surface area (Å²) in [6, 6.07) is 24.2. The summed E-state index contributed by atoms with van der Waals surface area (Å²) in [5, 5.41) is 9.10. The molecule has 214 valence electrons. The van der Waals surface area contributed by atoms with Gasteiger partial charge in [0.2, 0.25) is 0 Å². The van der Waals surface area contributed by atoms with Gasteiger partial charge in [0.05, 0.1) is 26.4 Å². The topological polar surface area (TPSA) is 46.3 Å². The van der Waals surface area contributed by atoms with Crippen LogP contribution in [0.2, 0.25) is 0 Å². The molecule has 2 heterocycles. The second kappa shape index (κ2) is 12.8. The molecule has 0 bridgehead atoms. The van der Waals surface area contributed by atoms with Gasteiger partial charge in [0.25, 0.3) is 0 Å². The Morgan fingerprint density at radius 3 is 2.31 bits per heavy atom. The smallest absolute Gasteiger partial charge is 0.187 e. The number of likely N-dealkylation sites (N-methyl/N-ethyl adjacent to an activating group) is 1. The third kappa shape index (κ3) is 6.18. The largest absolute Gasteiger partial charge is 0.392 e. The van der Waals surface area contributed by atoms with E-state index in [1.165, 1.54) is 24.3 Å². The Morgan fingerprint density at radius 1 is 0.929 bits per heavy atom. The van der Waals surface area contributed by atoms with Gasteiger partial charge in [0.15, 0.2) is 5.69 Å². The fraction of sp³-hybridized carbons (Fsp3) is 0.229. The first kappa shape index (κ1) is 29.3. The number of nitrogens with zero attached hydrogens (tertiary/aromatic N) is 2. The van der Waals surface area contributed by atoms with Gasteiger partial charge in [-0.3, -0.25) is 0 Å². The van der Waals surface area contributed by atoms with Crippen LogP contribution in [0.1, 0.15) is 45.0 Å². The highest BCUT2D eigenvalue weighted by Gasteiger charge is 2.39. The molecule has 0 spiro atoms. The lowest BCUT2D eigenvalue weighted by Gasteiger charge is -2.27. The lowest BCUT2D eigenvalue weighted by Crippen LogP contribution is -2.25. The van der Waals surface area contributed by atoms with Crippen molar-refractivity contribution in [3.05, 3.63) is 159 Å². The number of aliphatic hydroxyl groups excluding tert-OH is 1. The third-order valence-corrected chi connectivity index (χ3v) is 7.42. The van der Waals surface area contributed by atoms with Crippen molar-refractivity contribution in [1.29, 1.82) is 0 Å². The molecule has 0 aromatic heterocycles. The number of halogens is 2. The number of hydrogen-bond acceptors (Lipinski definition) is 4. The Balaban J connectivity index is 0.000000175. The van der Waals surface area contributed by atoms with Crippen LogP contribution in [0.15, 0.2) is 97.1 Å². The van der Waals surface area contributed by atoms with E-state index in [0.717, 1.165) is 45.5 Å². The number of ether oxygens (including phenoxy) is 2. The molecule has 0 amide bonds. The molecule has 5 nitrogen and oxygen atoms in total. The van der Waals surface area contributed by atoms with Crippen LogP contribution in [0.25, 0.3) is 4.85 Å². The molecule has 4 aromatic carbocycles. The highest BCUT2D eigenvalue weighted by Crippen LogP contribution is 2.44. The second-order valence-electron chi connectivity index (χ2n) is 10.6. The summed E-state index contributed by atoms with van der Waals surface area (Å²) in [6.07, 6.45) is 3.96. The van der Waals surface area contributed by atoms with Crippen LogP contribution in [0, 0.1) is 18.2 Å². The quantitative estimate of drug-likeness (QED) is 0.198. The molecule has 2 atom stereocenters. The Kier molecular flexibility index (Phi) is 8.91. The van der Waals surface area contributed by atoms with E-state index in [2.05, 4.69) is 15.8 Å². The van der Waals surface area contributed by atoms with Crippen LogP contribution < -0.4 is 0 Å². The van der Waals surface area contributed by atoms with Gasteiger partial charge in [-0.1, -0.05) is 66.7 Å². The van der Waals surface area contributed by atoms with E-state index in [0.29, 0.717) is 18.9 Å². The second-order valence-corrected chi connectivity index (χ2v) is 10.6. The Morgan fingerprint density at radius 2 is 1.64 bits per heavy atom. The van der Waals surface area contributed by atoms with Gasteiger partial charge >= 0.3 is 0 Å². The zero-order valence-electron chi connectivity index (χ0n) is 23.6. The van der Waals surface area contributed by atoms with Crippen molar-refractivity contribution in [2.75, 3.05) is 20.6 Å². The maximum absolute atomic E-state index is 13.4. The van der Waals surface area contributed by atoms with Crippen LogP contribution in [0.5, 0.6) is 0 Å². The molecule has 42 heavy (non-hydrogen) atoms. The van der Waals surface area contributed by atoms with Crippen molar-refractivity contribution >= 4 is 5.69 Å². The van der Waals surface area contributed by atoms with Gasteiger partial charge in [-0.25, -0.2) is 13.6 Å². The fourth-order valence-electron chi connectivity index (χ4n) is 5.32. The van der Waals surface area contributed by atoms with E-state index < -0.39 is 5.60 Å². The van der Waals surface area contributed by atoms with Crippen LogP contribution in [0.3, 0.4) is 0 Å². The predicted octanol–water partition coefficient (Wildman–Crippen LogP) is 7.21. The van der Waals surface area contributed by atoms with Gasteiger partial charge in [0, 0.05) is 6.54 Å². The average molecular weight is 567 g/mol. The van der Waals surface area contributed by atoms with Crippen LogP contribution in [-0.4, -0.2) is 30.6 Å². The molecule has 6 rings (SSSR count). The van der Waals surface area contributed by atoms with Crippen molar-refractivity contribution in [3.8, 4) is 0 Å². The normalized spacial score (nSPS) is 18.8. The lowest BCUT2D eigenvalue weighted by atomic mass is 9.85. The molecule has 2 unspecified atom stereocenters. The molecule has 2 aliphatic heterocycles. The van der Waals surface area contributed by atoms with Crippen LogP contribution in [0.4, 0.5) is 14.5 Å². The summed E-state index contributed by atoms with van der Waals surface area (Å²) in [5.74, 6) is -0.514. The highest BCUT2D eigenvalue weighted by molar-refractivity contribution is 5.56. The summed E-state index contributed by atoms with van der Waals surface area (Å²) in [6.45, 7) is 8.96. The third-order valence-electron chi connectivity index (χ3n) is 7.42. The number of hydrogen-bond donors (Lipinski definition) is 1. The lowest BCUT2D eigenvalue weighted by molar-refractivity contribution is 0.0325. The van der Waals surface area contributed by atoms with Gasteiger partial charge in [-0.15, -0.1) is 0 Å². The van der Waals surface area contributed by atoms with Gasteiger partial charge in [-0.05, 0) is 83.4 Å². The minimum atomic E-state index is -0.737. The van der Waals surface area contributed by atoms with Crippen molar-refractivity contribution < 1.29 is 23.4 Å². The highest BCUT2D eigenvalue weighted by atomic mass is 19.1. The van der Waals surface area contributed by atoms with Crippen molar-refractivity contribution in [2.24, 2.45) is 0 Å². The Labute approximate surface area is 245 Å². The maximum atomic E-state index is 13.4. The number of rotatable bonds is 6. The first-order valence-corrected chi connectivity index (χ1v) is 13.7. The Hall–Kier alpha value is -4.19. The molecule has 2 aliphatic rings. The molecule has 0 fully saturated rings. The monoisotopic (exact) mass is 566 g/mol. The fourth-order valence-corrected chi connectivity index (χ4v) is 5.32. The summed E-state index contributed by atoms with van der Waals surface area (Å²) in [7, 11) is 4.00. The first-order chi connectivity index (χ1) is 20.3. The Bertz CT molecular complexity index is 1610. The molecule has 0 saturated carbocycles. The van der Waals surface area contributed by atoms with Crippen LogP contribution >= 0.6 is 0 Å². The van der Waals surface area contributed by atoms with E-state index in [1.807, 2.05) is 50.5 Å². The zero-order valence-corrected chi connectivity index (χ0v) is 23.6. The summed E-state index contributed by atoms with van der Waals surface area (Å²) >= 11 is 0. The first-order valence-electron chi connectivity index (χ1n) is 13.7. The summed E-state index contributed by atoms with van der Waals surface area (Å²) in [5.41, 5.74) is 6.79. The molecular formula is C35H32F2N2O3. The van der Waals surface area contributed by atoms with Crippen molar-refractivity contribution in [2.45, 2.75) is 31.5 Å². The molecule has 0 saturated heterocycles. The van der Waals surface area contributed by atoms with Gasteiger partial charge in [-0.2, -0.15) is 0 Å². The van der Waals surface area contributed by atoms with E-state index in [4.69, 9.17) is 21.2 Å². The SMILES string of the molecule is OCc1ccc2c(c1)COC2c1ccc(F)cc1.[C-]#[N+]c1ccc2c(c1)COC2(/C=C/CN(C)C)c1ccc(F)cc1. The summed E-state index contributed by atoms with van der Waals surface area (Å²) in [4.78, 5) is 5.55. The van der Waals surface area contributed by atoms with Gasteiger partial charge in [0.1, 0.15) is 23.3 Å². The number of aliphatic hydroxyl groups is 1. The molecule has 7 heteroatoms. The number of fused-ring (bicyclic) bond motifs is 2. The van der Waals surface area contributed by atoms with Crippen molar-refractivity contribution in [1.82, 2.24) is 4.90 Å². The minimum Gasteiger partial charge on any atom is -0.392 e. The van der Waals surface area contributed by atoms with E-state index in [1.54, 1.807) is 30.3 Å². The molecule has 4 aromatic rings. The minimum absolute atomic E-state index is 0.0362. The van der Waals surface area contributed by atoms with Crippen LogP contribution in [-0.2, 0) is 34.9 Å². The molecule has 0 aliphatic carbocycles. The molecule has 1 N–H and O–H groups in total. The van der Waals surface area contributed by atoms with E-state index in [9.17, 15) is 8.78 Å². The summed E-state index contributed by atoms with van der Waals surface area (Å²) < 4.78 is 38.2. The van der Waals surface area contributed by atoms with E-state index >= 15 is 0 Å². The van der Waals surface area contributed by atoms with Crippen molar-refractivity contribution in [3.63, 3.8) is 0 Å². The molecule has 0 radical (unpaired) electrons. The maximum Gasteiger partial charge on any atom is 0.187 e. The van der Waals surface area contributed by atoms with Gasteiger partial charge < -0.3 is 19.5 Å².